The summed E-state index contributed by atoms with van der Waals surface area (Å²) in [7, 11) is 1.69. The average Bonchev–Trinajstić information content (AvgIpc) is 2.92. The minimum Gasteiger partial charge on any atom is -0.497 e. The molecule has 0 unspecified atom stereocenters. The monoisotopic (exact) mass is 259 g/mol. The van der Waals surface area contributed by atoms with E-state index >= 15 is 0 Å². The molecule has 1 aromatic carbocycles. The molecule has 0 bridgehead atoms. The Kier molecular flexibility index (Phi) is 4.58. The van der Waals surface area contributed by atoms with Crippen LogP contribution in [-0.4, -0.2) is 16.7 Å². The number of benzene rings is 1. The first-order valence-corrected chi connectivity index (χ1v) is 6.61. The molecule has 4 heteroatoms. The van der Waals surface area contributed by atoms with Gasteiger partial charge in [0.05, 0.1) is 19.1 Å². The van der Waals surface area contributed by atoms with E-state index in [4.69, 9.17) is 4.74 Å². The Morgan fingerprint density at radius 1 is 1.42 bits per heavy atom. The maximum atomic E-state index is 5.25. The number of imidazole rings is 1. The number of nitrogens with zero attached hydrogens (tertiary/aromatic N) is 2. The van der Waals surface area contributed by atoms with E-state index in [0.717, 1.165) is 18.8 Å². The fraction of sp³-hybridized carbons (Fsp3) is 0.400. The van der Waals surface area contributed by atoms with Crippen LogP contribution in [0.3, 0.4) is 0 Å². The van der Waals surface area contributed by atoms with Crippen molar-refractivity contribution in [2.24, 2.45) is 0 Å². The van der Waals surface area contributed by atoms with E-state index in [1.54, 1.807) is 7.11 Å². The Hall–Kier alpha value is -1.81. The molecule has 19 heavy (non-hydrogen) atoms. The lowest BCUT2D eigenvalue weighted by molar-refractivity contribution is 0.413. The molecular formula is C15H21N3O. The van der Waals surface area contributed by atoms with E-state index in [1.165, 1.54) is 11.3 Å². The lowest BCUT2D eigenvalue weighted by Gasteiger charge is -2.15. The largest absolute Gasteiger partial charge is 0.497 e. The number of aryl methyl sites for hydroxylation is 1. The van der Waals surface area contributed by atoms with E-state index in [0.29, 0.717) is 0 Å². The Labute approximate surface area is 114 Å². The van der Waals surface area contributed by atoms with Crippen molar-refractivity contribution in [1.82, 2.24) is 14.9 Å². The van der Waals surface area contributed by atoms with E-state index in [-0.39, 0.29) is 6.04 Å². The number of hydrogen-bond donors (Lipinski definition) is 1. The van der Waals surface area contributed by atoms with Gasteiger partial charge in [0.25, 0.3) is 0 Å². The molecule has 0 saturated heterocycles. The summed E-state index contributed by atoms with van der Waals surface area (Å²) in [5, 5.41) is 3.51. The van der Waals surface area contributed by atoms with Crippen LogP contribution in [0.15, 0.2) is 36.8 Å². The SMILES string of the molecule is CCn1cncc1CN[C@H](C)c1cccc(OC)c1. The summed E-state index contributed by atoms with van der Waals surface area (Å²) >= 11 is 0. The molecule has 0 saturated carbocycles. The molecular weight excluding hydrogens is 238 g/mol. The topological polar surface area (TPSA) is 39.1 Å². The second-order valence-corrected chi connectivity index (χ2v) is 4.55. The summed E-state index contributed by atoms with van der Waals surface area (Å²) in [5.74, 6) is 0.893. The van der Waals surface area contributed by atoms with Crippen LogP contribution in [0.25, 0.3) is 0 Å². The lowest BCUT2D eigenvalue weighted by Crippen LogP contribution is -2.19. The van der Waals surface area contributed by atoms with Crippen molar-refractivity contribution in [2.75, 3.05) is 7.11 Å². The van der Waals surface area contributed by atoms with Gasteiger partial charge in [0, 0.05) is 25.3 Å². The van der Waals surface area contributed by atoms with Crippen LogP contribution >= 0.6 is 0 Å². The highest BCUT2D eigenvalue weighted by Gasteiger charge is 2.07. The van der Waals surface area contributed by atoms with Crippen molar-refractivity contribution < 1.29 is 4.74 Å². The molecule has 4 nitrogen and oxygen atoms in total. The first-order valence-electron chi connectivity index (χ1n) is 6.61. The number of nitrogens with one attached hydrogen (secondary N) is 1. The fourth-order valence-corrected chi connectivity index (χ4v) is 2.07. The Balaban J connectivity index is 1.99. The predicted molar refractivity (Wildman–Crippen MR) is 76.1 cm³/mol. The minimum absolute atomic E-state index is 0.273. The number of hydrogen-bond acceptors (Lipinski definition) is 3. The van der Waals surface area contributed by atoms with Gasteiger partial charge in [-0.05, 0) is 31.5 Å². The zero-order chi connectivity index (χ0) is 13.7. The van der Waals surface area contributed by atoms with E-state index in [2.05, 4.69) is 40.8 Å². The summed E-state index contributed by atoms with van der Waals surface area (Å²) < 4.78 is 7.39. The van der Waals surface area contributed by atoms with Gasteiger partial charge >= 0.3 is 0 Å². The molecule has 1 N–H and O–H groups in total. The Morgan fingerprint density at radius 3 is 3.00 bits per heavy atom. The molecule has 1 heterocycles. The Bertz CT molecular complexity index is 522. The summed E-state index contributed by atoms with van der Waals surface area (Å²) in [6.07, 6.45) is 3.78. The molecule has 0 aliphatic heterocycles. The Morgan fingerprint density at radius 2 is 2.26 bits per heavy atom. The third kappa shape index (κ3) is 3.35. The van der Waals surface area contributed by atoms with Gasteiger partial charge in [-0.15, -0.1) is 0 Å². The summed E-state index contributed by atoms with van der Waals surface area (Å²) in [6.45, 7) is 6.04. The van der Waals surface area contributed by atoms with Crippen LogP contribution in [-0.2, 0) is 13.1 Å². The molecule has 102 valence electrons. The lowest BCUT2D eigenvalue weighted by atomic mass is 10.1. The quantitative estimate of drug-likeness (QED) is 0.867. The highest BCUT2D eigenvalue weighted by molar-refractivity contribution is 5.30. The van der Waals surface area contributed by atoms with Gasteiger partial charge < -0.3 is 14.6 Å². The summed E-state index contributed by atoms with van der Waals surface area (Å²) in [5.41, 5.74) is 2.43. The molecule has 0 amide bonds. The van der Waals surface area contributed by atoms with Crippen LogP contribution < -0.4 is 10.1 Å². The summed E-state index contributed by atoms with van der Waals surface area (Å²) in [4.78, 5) is 4.17. The molecule has 1 atom stereocenters. The first-order chi connectivity index (χ1) is 9.24. The highest BCUT2D eigenvalue weighted by atomic mass is 16.5. The van der Waals surface area contributed by atoms with E-state index < -0.39 is 0 Å². The number of rotatable bonds is 6. The molecule has 1 aromatic heterocycles. The van der Waals surface area contributed by atoms with Gasteiger partial charge in [0.1, 0.15) is 5.75 Å². The number of aromatic nitrogens is 2. The number of methoxy groups -OCH3 is 1. The summed E-state index contributed by atoms with van der Waals surface area (Å²) in [6, 6.07) is 8.42. The van der Waals surface area contributed by atoms with Crippen molar-refractivity contribution in [1.29, 1.82) is 0 Å². The van der Waals surface area contributed by atoms with Gasteiger partial charge in [0.2, 0.25) is 0 Å². The van der Waals surface area contributed by atoms with Gasteiger partial charge in [-0.2, -0.15) is 0 Å². The van der Waals surface area contributed by atoms with Crippen LogP contribution in [0.4, 0.5) is 0 Å². The molecule has 0 spiro atoms. The average molecular weight is 259 g/mol. The van der Waals surface area contributed by atoms with Crippen LogP contribution in [0.5, 0.6) is 5.75 Å². The zero-order valence-corrected chi connectivity index (χ0v) is 11.8. The maximum Gasteiger partial charge on any atom is 0.119 e. The van der Waals surface area contributed by atoms with Crippen molar-refractivity contribution in [3.05, 3.63) is 48.0 Å². The zero-order valence-electron chi connectivity index (χ0n) is 11.8. The van der Waals surface area contributed by atoms with Crippen molar-refractivity contribution in [2.45, 2.75) is 33.0 Å². The second-order valence-electron chi connectivity index (χ2n) is 4.55. The third-order valence-electron chi connectivity index (χ3n) is 3.32. The van der Waals surface area contributed by atoms with Gasteiger partial charge in [-0.1, -0.05) is 12.1 Å². The molecule has 0 aliphatic carbocycles. The highest BCUT2D eigenvalue weighted by Crippen LogP contribution is 2.19. The molecule has 0 aliphatic rings. The first kappa shape index (κ1) is 13.6. The van der Waals surface area contributed by atoms with Gasteiger partial charge in [0.15, 0.2) is 0 Å². The third-order valence-corrected chi connectivity index (χ3v) is 3.32. The number of ether oxygens (including phenoxy) is 1. The molecule has 0 radical (unpaired) electrons. The van der Waals surface area contributed by atoms with Gasteiger partial charge in [-0.3, -0.25) is 0 Å². The molecule has 2 aromatic rings. The fourth-order valence-electron chi connectivity index (χ4n) is 2.07. The smallest absolute Gasteiger partial charge is 0.119 e. The predicted octanol–water partition coefficient (Wildman–Crippen LogP) is 2.76. The van der Waals surface area contributed by atoms with Gasteiger partial charge in [-0.25, -0.2) is 4.98 Å². The van der Waals surface area contributed by atoms with Crippen LogP contribution in [0.1, 0.15) is 31.1 Å². The van der Waals surface area contributed by atoms with Crippen molar-refractivity contribution >= 4 is 0 Å². The van der Waals surface area contributed by atoms with E-state index in [9.17, 15) is 0 Å². The minimum atomic E-state index is 0.273. The molecule has 0 fully saturated rings. The van der Waals surface area contributed by atoms with Crippen molar-refractivity contribution in [3.63, 3.8) is 0 Å². The van der Waals surface area contributed by atoms with E-state index in [1.807, 2.05) is 24.7 Å². The second kappa shape index (κ2) is 6.38. The van der Waals surface area contributed by atoms with Crippen LogP contribution in [0, 0.1) is 0 Å². The maximum absolute atomic E-state index is 5.25. The van der Waals surface area contributed by atoms with Crippen LogP contribution in [0.2, 0.25) is 0 Å². The van der Waals surface area contributed by atoms with Crippen molar-refractivity contribution in [3.8, 4) is 5.75 Å². The normalized spacial score (nSPS) is 12.4. The standard InChI is InChI=1S/C15H21N3O/c1-4-18-11-16-9-14(18)10-17-12(2)13-6-5-7-15(8-13)19-3/h5-9,11-12,17H,4,10H2,1-3H3/t12-/m1/s1. The molecule has 2 rings (SSSR count).